The Morgan fingerprint density at radius 3 is 2.63 bits per heavy atom. The first-order valence-corrected chi connectivity index (χ1v) is 10.3. The van der Waals surface area contributed by atoms with Crippen LogP contribution in [0.25, 0.3) is 11.3 Å². The van der Waals surface area contributed by atoms with E-state index in [1.165, 1.54) is 12.1 Å². The van der Waals surface area contributed by atoms with Crippen molar-refractivity contribution >= 4 is 17.7 Å². The van der Waals surface area contributed by atoms with E-state index < -0.39 is 5.54 Å². The van der Waals surface area contributed by atoms with Gasteiger partial charge in [-0.3, -0.25) is 4.90 Å². The number of pyridine rings is 1. The summed E-state index contributed by atoms with van der Waals surface area (Å²) >= 11 is 6.32. The van der Waals surface area contributed by atoms with Gasteiger partial charge in [0.05, 0.1) is 11.2 Å². The predicted octanol–water partition coefficient (Wildman–Crippen LogP) is 6.19. The quantitative estimate of drug-likeness (QED) is 0.469. The Bertz CT molecular complexity index is 1040. The zero-order chi connectivity index (χ0) is 21.1. The van der Waals surface area contributed by atoms with Crippen LogP contribution < -0.4 is 0 Å². The monoisotopic (exact) mass is 424 g/mol. The summed E-state index contributed by atoms with van der Waals surface area (Å²) in [6.45, 7) is 2.85. The molecule has 30 heavy (non-hydrogen) atoms. The molecule has 154 valence electrons. The van der Waals surface area contributed by atoms with Crippen LogP contribution in [0.15, 0.2) is 66.7 Å². The summed E-state index contributed by atoms with van der Waals surface area (Å²) in [6, 6.07) is 19.4. The number of ether oxygens (including phenoxy) is 1. The molecule has 1 amide bonds. The largest absolute Gasteiger partial charge is 0.445 e. The van der Waals surface area contributed by atoms with E-state index in [1.54, 1.807) is 23.1 Å². The van der Waals surface area contributed by atoms with Crippen LogP contribution in [-0.2, 0) is 16.9 Å². The summed E-state index contributed by atoms with van der Waals surface area (Å²) in [6.07, 6.45) is 1.30. The summed E-state index contributed by atoms with van der Waals surface area (Å²) in [7, 11) is 0. The number of aromatic nitrogens is 1. The third kappa shape index (κ3) is 4.17. The van der Waals surface area contributed by atoms with Crippen molar-refractivity contribution in [2.75, 3.05) is 6.54 Å². The van der Waals surface area contributed by atoms with Gasteiger partial charge >= 0.3 is 6.09 Å². The Morgan fingerprint density at radius 1 is 1.17 bits per heavy atom. The van der Waals surface area contributed by atoms with Crippen molar-refractivity contribution < 1.29 is 13.9 Å². The van der Waals surface area contributed by atoms with Crippen molar-refractivity contribution in [2.24, 2.45) is 0 Å². The highest BCUT2D eigenvalue weighted by atomic mass is 35.5. The van der Waals surface area contributed by atoms with Crippen LogP contribution in [0.5, 0.6) is 0 Å². The van der Waals surface area contributed by atoms with E-state index in [0.717, 1.165) is 29.5 Å². The average Bonchev–Trinajstić information content (AvgIpc) is 3.16. The lowest BCUT2D eigenvalue weighted by Gasteiger charge is -2.35. The second-order valence-electron chi connectivity index (χ2n) is 7.64. The lowest BCUT2D eigenvalue weighted by atomic mass is 9.89. The van der Waals surface area contributed by atoms with Crippen LogP contribution in [-0.4, -0.2) is 22.5 Å². The number of carbonyl (C=O) groups is 1. The van der Waals surface area contributed by atoms with Gasteiger partial charge in [0, 0.05) is 12.1 Å². The highest BCUT2D eigenvalue weighted by Gasteiger charge is 2.42. The molecule has 1 aromatic heterocycles. The summed E-state index contributed by atoms with van der Waals surface area (Å²) in [5, 5.41) is 0.331. The molecule has 3 aromatic rings. The van der Waals surface area contributed by atoms with Crippen molar-refractivity contribution in [1.29, 1.82) is 0 Å². The van der Waals surface area contributed by atoms with Crippen molar-refractivity contribution in [3.63, 3.8) is 0 Å². The number of rotatable bonds is 4. The molecule has 1 unspecified atom stereocenters. The zero-order valence-corrected chi connectivity index (χ0v) is 17.4. The SMILES string of the molecule is CC1(c2cc(Cl)nc(-c3ccc(F)cc3)c2)CCCN1C(=O)OCc1ccccc1. The van der Waals surface area contributed by atoms with Crippen LogP contribution in [0.3, 0.4) is 0 Å². The molecular weight excluding hydrogens is 403 g/mol. The zero-order valence-electron chi connectivity index (χ0n) is 16.6. The molecule has 2 heterocycles. The van der Waals surface area contributed by atoms with Gasteiger partial charge in [-0.15, -0.1) is 0 Å². The van der Waals surface area contributed by atoms with Gasteiger partial charge in [-0.05, 0) is 67.3 Å². The standard InChI is InChI=1S/C24H22ClFN2O2/c1-24(12-5-13-28(24)23(29)30-16-17-6-3-2-4-7-17)19-14-21(27-22(25)15-19)18-8-10-20(26)11-9-18/h2-4,6-11,14-15H,5,12-13,16H2,1H3. The second kappa shape index (κ2) is 8.44. The molecule has 1 atom stereocenters. The summed E-state index contributed by atoms with van der Waals surface area (Å²) < 4.78 is 18.9. The Hall–Kier alpha value is -2.92. The summed E-state index contributed by atoms with van der Waals surface area (Å²) in [5.74, 6) is -0.309. The molecule has 1 saturated heterocycles. The number of nitrogens with zero attached hydrogens (tertiary/aromatic N) is 2. The third-order valence-electron chi connectivity index (χ3n) is 5.62. The van der Waals surface area contributed by atoms with Gasteiger partial charge in [-0.1, -0.05) is 41.9 Å². The van der Waals surface area contributed by atoms with E-state index in [0.29, 0.717) is 17.4 Å². The normalized spacial score (nSPS) is 18.4. The number of amides is 1. The molecule has 0 spiro atoms. The van der Waals surface area contributed by atoms with Crippen molar-refractivity contribution in [3.05, 3.63) is 88.8 Å². The fraction of sp³-hybridized carbons (Fsp3) is 0.250. The highest BCUT2D eigenvalue weighted by molar-refractivity contribution is 6.29. The smallest absolute Gasteiger partial charge is 0.410 e. The van der Waals surface area contributed by atoms with Gasteiger partial charge in [0.1, 0.15) is 17.6 Å². The number of halogens is 2. The molecule has 0 N–H and O–H groups in total. The summed E-state index contributed by atoms with van der Waals surface area (Å²) in [5.41, 5.74) is 2.67. The maximum atomic E-state index is 13.3. The number of hydrogen-bond acceptors (Lipinski definition) is 3. The molecule has 2 aromatic carbocycles. The number of likely N-dealkylation sites (tertiary alicyclic amines) is 1. The first-order valence-electron chi connectivity index (χ1n) is 9.88. The van der Waals surface area contributed by atoms with Gasteiger partial charge in [-0.2, -0.15) is 0 Å². The van der Waals surface area contributed by atoms with Crippen molar-refractivity contribution in [3.8, 4) is 11.3 Å². The Morgan fingerprint density at radius 2 is 1.90 bits per heavy atom. The molecule has 0 bridgehead atoms. The Balaban J connectivity index is 1.59. The fourth-order valence-electron chi connectivity index (χ4n) is 3.93. The van der Waals surface area contributed by atoms with Gasteiger partial charge in [0.2, 0.25) is 0 Å². The number of benzene rings is 2. The van der Waals surface area contributed by atoms with E-state index in [1.807, 2.05) is 43.3 Å². The highest BCUT2D eigenvalue weighted by Crippen LogP contribution is 2.40. The topological polar surface area (TPSA) is 42.4 Å². The first kappa shape index (κ1) is 20.4. The van der Waals surface area contributed by atoms with Crippen LogP contribution in [0.1, 0.15) is 30.9 Å². The molecule has 4 nitrogen and oxygen atoms in total. The van der Waals surface area contributed by atoms with Gasteiger partial charge in [0.15, 0.2) is 0 Å². The van der Waals surface area contributed by atoms with Crippen LogP contribution in [0, 0.1) is 5.82 Å². The van der Waals surface area contributed by atoms with E-state index in [2.05, 4.69) is 4.98 Å². The average molecular weight is 425 g/mol. The molecule has 0 radical (unpaired) electrons. The van der Waals surface area contributed by atoms with Gasteiger partial charge < -0.3 is 4.74 Å². The second-order valence-corrected chi connectivity index (χ2v) is 8.03. The molecule has 4 rings (SSSR count). The molecule has 0 saturated carbocycles. The van der Waals surface area contributed by atoms with E-state index in [4.69, 9.17) is 16.3 Å². The van der Waals surface area contributed by atoms with E-state index in [-0.39, 0.29) is 18.5 Å². The molecule has 1 fully saturated rings. The lowest BCUT2D eigenvalue weighted by Crippen LogP contribution is -2.43. The summed E-state index contributed by atoms with van der Waals surface area (Å²) in [4.78, 5) is 19.0. The van der Waals surface area contributed by atoms with E-state index >= 15 is 0 Å². The predicted molar refractivity (Wildman–Crippen MR) is 115 cm³/mol. The van der Waals surface area contributed by atoms with Crippen LogP contribution in [0.4, 0.5) is 9.18 Å². The Labute approximate surface area is 180 Å². The maximum absolute atomic E-state index is 13.3. The first-order chi connectivity index (χ1) is 14.5. The maximum Gasteiger partial charge on any atom is 0.410 e. The molecule has 0 aliphatic carbocycles. The van der Waals surface area contributed by atoms with E-state index in [9.17, 15) is 9.18 Å². The minimum Gasteiger partial charge on any atom is -0.445 e. The third-order valence-corrected chi connectivity index (χ3v) is 5.82. The molecular formula is C24H22ClFN2O2. The van der Waals surface area contributed by atoms with Gasteiger partial charge in [-0.25, -0.2) is 14.2 Å². The Kier molecular flexibility index (Phi) is 5.73. The molecule has 1 aliphatic rings. The fourth-order valence-corrected chi connectivity index (χ4v) is 4.14. The number of hydrogen-bond donors (Lipinski definition) is 0. The lowest BCUT2D eigenvalue weighted by molar-refractivity contribution is 0.0693. The van der Waals surface area contributed by atoms with Crippen molar-refractivity contribution in [2.45, 2.75) is 31.9 Å². The van der Waals surface area contributed by atoms with Crippen LogP contribution in [0.2, 0.25) is 5.15 Å². The van der Waals surface area contributed by atoms with Crippen molar-refractivity contribution in [1.82, 2.24) is 9.88 Å². The minimum absolute atomic E-state index is 0.226. The minimum atomic E-state index is -0.560. The number of carbonyl (C=O) groups excluding carboxylic acids is 1. The van der Waals surface area contributed by atoms with Crippen LogP contribution >= 0.6 is 11.6 Å². The molecule has 1 aliphatic heterocycles. The van der Waals surface area contributed by atoms with Gasteiger partial charge in [0.25, 0.3) is 0 Å². The molecule has 6 heteroatoms.